The quantitative estimate of drug-likeness (QED) is 0.872. The molecular formula is C16H13F3O2. The first kappa shape index (κ1) is 15.1. The zero-order valence-electron chi connectivity index (χ0n) is 11.5. The van der Waals surface area contributed by atoms with Crippen molar-refractivity contribution >= 4 is 5.97 Å². The van der Waals surface area contributed by atoms with Gasteiger partial charge in [-0.25, -0.2) is 4.79 Å². The van der Waals surface area contributed by atoms with Crippen LogP contribution < -0.4 is 0 Å². The Balaban J connectivity index is 2.64. The third-order valence-electron chi connectivity index (χ3n) is 3.25. The first-order valence-corrected chi connectivity index (χ1v) is 6.22. The first-order chi connectivity index (χ1) is 9.70. The van der Waals surface area contributed by atoms with Crippen LogP contribution in [-0.2, 0) is 6.18 Å². The summed E-state index contributed by atoms with van der Waals surface area (Å²) in [6.45, 7) is 3.70. The number of rotatable bonds is 2. The summed E-state index contributed by atoms with van der Waals surface area (Å²) in [5.41, 5.74) is 0.983. The SMILES string of the molecule is Cc1ccc(-c2ccc(C(=O)O)c(C(F)(F)F)c2)c(C)c1. The van der Waals surface area contributed by atoms with Crippen molar-refractivity contribution in [2.45, 2.75) is 20.0 Å². The molecule has 0 radical (unpaired) electrons. The number of aromatic carboxylic acids is 1. The number of hydrogen-bond donors (Lipinski definition) is 1. The van der Waals surface area contributed by atoms with Gasteiger partial charge in [-0.2, -0.15) is 13.2 Å². The molecule has 0 aliphatic heterocycles. The van der Waals surface area contributed by atoms with Gasteiger partial charge in [0.25, 0.3) is 0 Å². The van der Waals surface area contributed by atoms with Crippen molar-refractivity contribution in [2.24, 2.45) is 0 Å². The molecule has 0 saturated carbocycles. The van der Waals surface area contributed by atoms with E-state index in [0.29, 0.717) is 11.1 Å². The maximum absolute atomic E-state index is 13.0. The Morgan fingerprint density at radius 3 is 2.24 bits per heavy atom. The zero-order valence-corrected chi connectivity index (χ0v) is 11.5. The van der Waals surface area contributed by atoms with Gasteiger partial charge in [0.2, 0.25) is 0 Å². The Bertz CT molecular complexity index is 703. The third kappa shape index (κ3) is 3.07. The average molecular weight is 294 g/mol. The second kappa shape index (κ2) is 5.24. The minimum absolute atomic E-state index is 0.352. The lowest BCUT2D eigenvalue weighted by atomic mass is 9.95. The molecule has 110 valence electrons. The van der Waals surface area contributed by atoms with Crippen molar-refractivity contribution in [1.82, 2.24) is 0 Å². The smallest absolute Gasteiger partial charge is 0.417 e. The Morgan fingerprint density at radius 1 is 1.05 bits per heavy atom. The number of carboxylic acid groups (broad SMARTS) is 1. The Hall–Kier alpha value is -2.30. The monoisotopic (exact) mass is 294 g/mol. The fraction of sp³-hybridized carbons (Fsp3) is 0.188. The molecule has 21 heavy (non-hydrogen) atoms. The summed E-state index contributed by atoms with van der Waals surface area (Å²) in [7, 11) is 0. The standard InChI is InChI=1S/C16H13F3O2/c1-9-3-5-12(10(2)7-9)11-4-6-13(15(20)21)14(8-11)16(17,18)19/h3-8H,1-2H3,(H,20,21). The van der Waals surface area contributed by atoms with E-state index in [9.17, 15) is 18.0 Å². The molecule has 2 aromatic carbocycles. The highest BCUT2D eigenvalue weighted by Gasteiger charge is 2.35. The van der Waals surface area contributed by atoms with Crippen molar-refractivity contribution in [1.29, 1.82) is 0 Å². The summed E-state index contributed by atoms with van der Waals surface area (Å²) < 4.78 is 39.0. The van der Waals surface area contributed by atoms with Crippen LogP contribution in [0.1, 0.15) is 27.0 Å². The number of carboxylic acids is 1. The summed E-state index contributed by atoms with van der Waals surface area (Å²) in [5.74, 6) is -1.59. The fourth-order valence-corrected chi connectivity index (χ4v) is 2.27. The van der Waals surface area contributed by atoms with Gasteiger partial charge in [0, 0.05) is 0 Å². The summed E-state index contributed by atoms with van der Waals surface area (Å²) in [5, 5.41) is 8.88. The molecule has 0 atom stereocenters. The second-order valence-electron chi connectivity index (χ2n) is 4.88. The van der Waals surface area contributed by atoms with Gasteiger partial charge < -0.3 is 5.11 Å². The fourth-order valence-electron chi connectivity index (χ4n) is 2.27. The molecule has 0 fully saturated rings. The lowest BCUT2D eigenvalue weighted by Gasteiger charge is -2.13. The van der Waals surface area contributed by atoms with E-state index >= 15 is 0 Å². The molecule has 0 aliphatic rings. The van der Waals surface area contributed by atoms with E-state index in [1.807, 2.05) is 13.0 Å². The van der Waals surface area contributed by atoms with Gasteiger partial charge in [-0.3, -0.25) is 0 Å². The molecule has 0 aliphatic carbocycles. The van der Waals surface area contributed by atoms with E-state index in [-0.39, 0.29) is 0 Å². The zero-order chi connectivity index (χ0) is 15.8. The Labute approximate surface area is 119 Å². The van der Waals surface area contributed by atoms with Crippen LogP contribution in [0.2, 0.25) is 0 Å². The Kier molecular flexibility index (Phi) is 3.77. The lowest BCUT2D eigenvalue weighted by molar-refractivity contribution is -0.138. The van der Waals surface area contributed by atoms with Crippen molar-refractivity contribution in [3.63, 3.8) is 0 Å². The van der Waals surface area contributed by atoms with E-state index < -0.39 is 23.3 Å². The number of benzene rings is 2. The van der Waals surface area contributed by atoms with Crippen molar-refractivity contribution in [3.05, 3.63) is 58.7 Å². The second-order valence-corrected chi connectivity index (χ2v) is 4.88. The van der Waals surface area contributed by atoms with Crippen LogP contribution in [0.5, 0.6) is 0 Å². The predicted octanol–water partition coefficient (Wildman–Crippen LogP) is 4.69. The summed E-state index contributed by atoms with van der Waals surface area (Å²) in [6.07, 6.45) is -4.71. The van der Waals surface area contributed by atoms with Gasteiger partial charge in [0.05, 0.1) is 11.1 Å². The highest BCUT2D eigenvalue weighted by atomic mass is 19.4. The molecule has 5 heteroatoms. The molecule has 1 N–H and O–H groups in total. The molecule has 2 rings (SSSR count). The largest absolute Gasteiger partial charge is 0.478 e. The highest BCUT2D eigenvalue weighted by Crippen LogP contribution is 2.35. The summed E-state index contributed by atoms with van der Waals surface area (Å²) in [4.78, 5) is 10.9. The summed E-state index contributed by atoms with van der Waals surface area (Å²) in [6, 6.07) is 8.70. The van der Waals surface area contributed by atoms with Crippen LogP contribution in [0.4, 0.5) is 13.2 Å². The summed E-state index contributed by atoms with van der Waals surface area (Å²) >= 11 is 0. The number of alkyl halides is 3. The van der Waals surface area contributed by atoms with Crippen LogP contribution in [-0.4, -0.2) is 11.1 Å². The van der Waals surface area contributed by atoms with E-state index in [1.54, 1.807) is 19.1 Å². The van der Waals surface area contributed by atoms with Gasteiger partial charge in [-0.1, -0.05) is 29.8 Å². The van der Waals surface area contributed by atoms with Gasteiger partial charge in [-0.05, 0) is 42.7 Å². The van der Waals surface area contributed by atoms with Gasteiger partial charge in [-0.15, -0.1) is 0 Å². The van der Waals surface area contributed by atoms with Gasteiger partial charge in [0.15, 0.2) is 0 Å². The van der Waals surface area contributed by atoms with Gasteiger partial charge in [0.1, 0.15) is 0 Å². The van der Waals surface area contributed by atoms with Crippen LogP contribution in [0.3, 0.4) is 0 Å². The van der Waals surface area contributed by atoms with Crippen molar-refractivity contribution in [3.8, 4) is 11.1 Å². The number of aryl methyl sites for hydroxylation is 2. The topological polar surface area (TPSA) is 37.3 Å². The molecule has 0 saturated heterocycles. The molecule has 0 aromatic heterocycles. The van der Waals surface area contributed by atoms with Crippen LogP contribution in [0.25, 0.3) is 11.1 Å². The molecule has 0 heterocycles. The molecule has 0 bridgehead atoms. The minimum atomic E-state index is -4.71. The average Bonchev–Trinajstić information content (AvgIpc) is 2.37. The van der Waals surface area contributed by atoms with Crippen molar-refractivity contribution < 1.29 is 23.1 Å². The Morgan fingerprint density at radius 2 is 1.71 bits per heavy atom. The van der Waals surface area contributed by atoms with E-state index in [0.717, 1.165) is 23.3 Å². The lowest BCUT2D eigenvalue weighted by Crippen LogP contribution is -2.13. The van der Waals surface area contributed by atoms with Crippen LogP contribution >= 0.6 is 0 Å². The molecule has 2 aromatic rings. The predicted molar refractivity (Wildman–Crippen MR) is 73.3 cm³/mol. The third-order valence-corrected chi connectivity index (χ3v) is 3.25. The van der Waals surface area contributed by atoms with Gasteiger partial charge >= 0.3 is 12.1 Å². The normalized spacial score (nSPS) is 11.5. The van der Waals surface area contributed by atoms with E-state index in [1.165, 1.54) is 6.07 Å². The number of carbonyl (C=O) groups is 1. The molecule has 0 amide bonds. The number of hydrogen-bond acceptors (Lipinski definition) is 1. The molecule has 2 nitrogen and oxygen atoms in total. The molecule has 0 spiro atoms. The maximum atomic E-state index is 13.0. The van der Waals surface area contributed by atoms with Crippen molar-refractivity contribution in [2.75, 3.05) is 0 Å². The number of halogens is 3. The van der Waals surface area contributed by atoms with Crippen LogP contribution in [0, 0.1) is 13.8 Å². The highest BCUT2D eigenvalue weighted by molar-refractivity contribution is 5.90. The van der Waals surface area contributed by atoms with E-state index in [4.69, 9.17) is 5.11 Å². The molecular weight excluding hydrogens is 281 g/mol. The van der Waals surface area contributed by atoms with Crippen LogP contribution in [0.15, 0.2) is 36.4 Å². The molecule has 0 unspecified atom stereocenters. The minimum Gasteiger partial charge on any atom is -0.478 e. The maximum Gasteiger partial charge on any atom is 0.417 e. The van der Waals surface area contributed by atoms with E-state index in [2.05, 4.69) is 0 Å². The first-order valence-electron chi connectivity index (χ1n) is 6.22.